The predicted molar refractivity (Wildman–Crippen MR) is 131 cm³/mol. The summed E-state index contributed by atoms with van der Waals surface area (Å²) in [6, 6.07) is 5.59. The summed E-state index contributed by atoms with van der Waals surface area (Å²) in [6.45, 7) is 11.2. The Morgan fingerprint density at radius 1 is 1.42 bits per heavy atom. The van der Waals surface area contributed by atoms with E-state index in [0.29, 0.717) is 17.0 Å². The van der Waals surface area contributed by atoms with Gasteiger partial charge in [-0.05, 0) is 69.4 Å². The zero-order chi connectivity index (χ0) is 23.2. The Labute approximate surface area is 188 Å². The van der Waals surface area contributed by atoms with Crippen molar-refractivity contribution in [1.29, 1.82) is 0 Å². The van der Waals surface area contributed by atoms with Crippen LogP contribution in [0.4, 0.5) is 0 Å². The third kappa shape index (κ3) is 6.16. The van der Waals surface area contributed by atoms with Crippen molar-refractivity contribution in [3.8, 4) is 18.1 Å². The fourth-order valence-corrected chi connectivity index (χ4v) is 3.46. The SMILES string of the molecule is C#Cc1cnc2c(C)cc(OC(SC)C(=O)NC(C)(C)/C(N)=C/C(C)=C\C=C)cc2c1. The number of nitrogens with two attached hydrogens (primary N) is 1. The molecule has 1 amide bonds. The number of amides is 1. The molecule has 1 heterocycles. The minimum absolute atomic E-state index is 0.271. The van der Waals surface area contributed by atoms with Crippen LogP contribution in [0.25, 0.3) is 10.9 Å². The topological polar surface area (TPSA) is 77.2 Å². The molecule has 0 spiro atoms. The molecule has 5 nitrogen and oxygen atoms in total. The number of aromatic nitrogens is 1. The maximum atomic E-state index is 12.9. The Bertz CT molecular complexity index is 1090. The molecule has 0 saturated heterocycles. The zero-order valence-electron chi connectivity index (χ0n) is 18.7. The number of hydrogen-bond acceptors (Lipinski definition) is 5. The number of terminal acetylenes is 1. The van der Waals surface area contributed by atoms with Crippen molar-refractivity contribution in [2.75, 3.05) is 6.26 Å². The van der Waals surface area contributed by atoms with E-state index in [1.807, 2.05) is 64.3 Å². The maximum Gasteiger partial charge on any atom is 0.272 e. The van der Waals surface area contributed by atoms with Crippen LogP contribution in [0, 0.1) is 19.3 Å². The molecule has 0 saturated carbocycles. The molecule has 1 aromatic carbocycles. The number of benzene rings is 1. The number of rotatable bonds is 8. The second-order valence-electron chi connectivity index (χ2n) is 7.73. The molecule has 2 rings (SSSR count). The third-order valence-electron chi connectivity index (χ3n) is 4.71. The molecule has 0 radical (unpaired) electrons. The second-order valence-corrected chi connectivity index (χ2v) is 8.63. The molecule has 0 fully saturated rings. The number of carbonyl (C=O) groups excluding carboxylic acids is 1. The van der Waals surface area contributed by atoms with Gasteiger partial charge in [0.05, 0.1) is 11.1 Å². The molecule has 1 aromatic heterocycles. The molecular formula is C25H29N3O2S. The van der Waals surface area contributed by atoms with E-state index in [1.165, 1.54) is 11.8 Å². The van der Waals surface area contributed by atoms with Crippen molar-refractivity contribution in [2.45, 2.75) is 38.7 Å². The number of thioether (sulfide) groups is 1. The first-order valence-electron chi connectivity index (χ1n) is 9.76. The normalized spacial score (nSPS) is 13.4. The van der Waals surface area contributed by atoms with E-state index in [2.05, 4.69) is 22.8 Å². The fourth-order valence-electron chi connectivity index (χ4n) is 2.98. The van der Waals surface area contributed by atoms with E-state index in [-0.39, 0.29) is 5.91 Å². The summed E-state index contributed by atoms with van der Waals surface area (Å²) in [4.78, 5) is 17.4. The highest BCUT2D eigenvalue weighted by molar-refractivity contribution is 7.99. The lowest BCUT2D eigenvalue weighted by Gasteiger charge is -2.29. The fraction of sp³-hybridized carbons (Fsp3) is 0.280. The first-order chi connectivity index (χ1) is 14.6. The Kier molecular flexibility index (Phi) is 7.95. The van der Waals surface area contributed by atoms with Gasteiger partial charge in [-0.2, -0.15) is 0 Å². The summed E-state index contributed by atoms with van der Waals surface area (Å²) in [5, 5.41) is 3.84. The van der Waals surface area contributed by atoms with Gasteiger partial charge in [0.15, 0.2) is 0 Å². The Hall–Kier alpha value is -3.17. The van der Waals surface area contributed by atoms with Gasteiger partial charge in [0, 0.05) is 22.8 Å². The highest BCUT2D eigenvalue weighted by Gasteiger charge is 2.29. The molecule has 0 bridgehead atoms. The lowest BCUT2D eigenvalue weighted by Crippen LogP contribution is -2.51. The summed E-state index contributed by atoms with van der Waals surface area (Å²) in [5.74, 6) is 2.89. The van der Waals surface area contributed by atoms with Gasteiger partial charge in [-0.1, -0.05) is 24.7 Å². The van der Waals surface area contributed by atoms with Crippen molar-refractivity contribution in [3.05, 3.63) is 71.6 Å². The molecule has 162 valence electrons. The summed E-state index contributed by atoms with van der Waals surface area (Å²) in [5.41, 5.74) is 8.68. The largest absolute Gasteiger partial charge is 0.470 e. The monoisotopic (exact) mass is 435 g/mol. The van der Waals surface area contributed by atoms with Crippen LogP contribution in [-0.4, -0.2) is 28.1 Å². The molecule has 6 heteroatoms. The molecule has 1 atom stereocenters. The molecule has 0 aliphatic rings. The quantitative estimate of drug-likeness (QED) is 0.364. The number of aryl methyl sites for hydroxylation is 1. The van der Waals surface area contributed by atoms with Crippen LogP contribution in [0.2, 0.25) is 0 Å². The van der Waals surface area contributed by atoms with Crippen LogP contribution in [0.15, 0.2) is 60.5 Å². The van der Waals surface area contributed by atoms with Crippen molar-refractivity contribution in [1.82, 2.24) is 10.3 Å². The maximum absolute atomic E-state index is 12.9. The highest BCUT2D eigenvalue weighted by atomic mass is 32.2. The summed E-state index contributed by atoms with van der Waals surface area (Å²) < 4.78 is 6.02. The first kappa shape index (κ1) is 24.1. The molecular weight excluding hydrogens is 406 g/mol. The van der Waals surface area contributed by atoms with Crippen LogP contribution in [0.1, 0.15) is 31.9 Å². The van der Waals surface area contributed by atoms with Gasteiger partial charge in [0.2, 0.25) is 5.44 Å². The standard InChI is InChI=1S/C25H29N3O2S/c1-8-10-16(3)11-21(26)25(5,6)28-23(29)24(31-7)30-20-12-17(4)22-19(14-20)13-18(9-2)15-27-22/h2,8,10-15,24H,1,26H2,3-7H3,(H,28,29)/b16-10-,21-11-. The smallest absolute Gasteiger partial charge is 0.272 e. The van der Waals surface area contributed by atoms with E-state index in [9.17, 15) is 4.79 Å². The number of ether oxygens (including phenoxy) is 1. The summed E-state index contributed by atoms with van der Waals surface area (Å²) in [7, 11) is 0. The lowest BCUT2D eigenvalue weighted by atomic mass is 9.99. The number of hydrogen-bond donors (Lipinski definition) is 2. The summed E-state index contributed by atoms with van der Waals surface area (Å²) >= 11 is 1.30. The van der Waals surface area contributed by atoms with Crippen LogP contribution in [0.3, 0.4) is 0 Å². The van der Waals surface area contributed by atoms with Gasteiger partial charge in [-0.15, -0.1) is 18.2 Å². The molecule has 0 aliphatic carbocycles. The van der Waals surface area contributed by atoms with E-state index < -0.39 is 11.0 Å². The Balaban J connectivity index is 2.24. The Morgan fingerprint density at radius 3 is 2.74 bits per heavy atom. The zero-order valence-corrected chi connectivity index (χ0v) is 19.5. The van der Waals surface area contributed by atoms with Crippen LogP contribution in [0.5, 0.6) is 5.75 Å². The first-order valence-corrected chi connectivity index (χ1v) is 11.1. The molecule has 31 heavy (non-hydrogen) atoms. The Morgan fingerprint density at radius 2 is 2.13 bits per heavy atom. The van der Waals surface area contributed by atoms with E-state index in [0.717, 1.165) is 22.0 Å². The van der Waals surface area contributed by atoms with Gasteiger partial charge < -0.3 is 15.8 Å². The molecule has 3 N–H and O–H groups in total. The van der Waals surface area contributed by atoms with Crippen molar-refractivity contribution >= 4 is 28.6 Å². The van der Waals surface area contributed by atoms with E-state index in [1.54, 1.807) is 12.3 Å². The van der Waals surface area contributed by atoms with Gasteiger partial charge in [-0.25, -0.2) is 0 Å². The molecule has 2 aromatic rings. The number of nitrogens with zero attached hydrogens (tertiary/aromatic N) is 1. The van der Waals surface area contributed by atoms with Crippen molar-refractivity contribution in [2.24, 2.45) is 5.73 Å². The van der Waals surface area contributed by atoms with Crippen molar-refractivity contribution < 1.29 is 9.53 Å². The van der Waals surface area contributed by atoms with Gasteiger partial charge in [0.1, 0.15) is 5.75 Å². The number of carbonyl (C=O) groups is 1. The minimum atomic E-state index is -0.754. The number of allylic oxidation sites excluding steroid dienone is 4. The van der Waals surface area contributed by atoms with Crippen LogP contribution < -0.4 is 15.8 Å². The number of pyridine rings is 1. The van der Waals surface area contributed by atoms with Crippen LogP contribution in [-0.2, 0) is 4.79 Å². The summed E-state index contributed by atoms with van der Waals surface area (Å²) in [6.07, 6.45) is 14.3. The third-order valence-corrected chi connectivity index (χ3v) is 5.44. The number of fused-ring (bicyclic) bond motifs is 1. The molecule has 1 unspecified atom stereocenters. The lowest BCUT2D eigenvalue weighted by molar-refractivity contribution is -0.125. The number of nitrogens with one attached hydrogen (secondary N) is 1. The van der Waals surface area contributed by atoms with Gasteiger partial charge >= 0.3 is 0 Å². The van der Waals surface area contributed by atoms with Gasteiger partial charge in [0.25, 0.3) is 5.91 Å². The van der Waals surface area contributed by atoms with Gasteiger partial charge in [-0.3, -0.25) is 9.78 Å². The minimum Gasteiger partial charge on any atom is -0.470 e. The highest BCUT2D eigenvalue weighted by Crippen LogP contribution is 2.27. The molecule has 0 aliphatic heterocycles. The second kappa shape index (κ2) is 10.2. The van der Waals surface area contributed by atoms with Crippen molar-refractivity contribution in [3.63, 3.8) is 0 Å². The van der Waals surface area contributed by atoms with E-state index >= 15 is 0 Å². The van der Waals surface area contributed by atoms with Crippen LogP contribution >= 0.6 is 11.8 Å². The average Bonchev–Trinajstić information content (AvgIpc) is 2.71. The average molecular weight is 436 g/mol. The predicted octanol–water partition coefficient (Wildman–Crippen LogP) is 4.46. The van der Waals surface area contributed by atoms with E-state index in [4.69, 9.17) is 16.9 Å².